The third-order valence-electron chi connectivity index (χ3n) is 2.59. The lowest BCUT2D eigenvalue weighted by molar-refractivity contribution is -0.141. The smallest absolute Gasteiger partial charge is 0.326 e. The molecule has 106 valence electrons. The molecular formula is C12H20N4O3. The molecule has 7 nitrogen and oxygen atoms in total. The summed E-state index contributed by atoms with van der Waals surface area (Å²) in [6, 6.07) is 0.0973. The highest BCUT2D eigenvalue weighted by Gasteiger charge is 2.32. The largest absolute Gasteiger partial charge is 0.480 e. The van der Waals surface area contributed by atoms with Gasteiger partial charge in [0.2, 0.25) is 0 Å². The molecule has 0 aliphatic rings. The van der Waals surface area contributed by atoms with Crippen LogP contribution in [0, 0.1) is 5.41 Å². The average molecular weight is 268 g/mol. The number of aliphatic carboxylic acids is 1. The fourth-order valence-electron chi connectivity index (χ4n) is 1.54. The van der Waals surface area contributed by atoms with Crippen LogP contribution in [0.25, 0.3) is 0 Å². The number of nitrogens with one attached hydrogen (secondary N) is 2. The van der Waals surface area contributed by atoms with Crippen molar-refractivity contribution in [2.75, 3.05) is 5.32 Å². The van der Waals surface area contributed by atoms with Crippen LogP contribution in [0.15, 0.2) is 12.3 Å². The van der Waals surface area contributed by atoms with Crippen molar-refractivity contribution in [3.63, 3.8) is 0 Å². The monoisotopic (exact) mass is 268 g/mol. The lowest BCUT2D eigenvalue weighted by atomic mass is 9.87. The Morgan fingerprint density at radius 1 is 1.47 bits per heavy atom. The Labute approximate surface area is 112 Å². The van der Waals surface area contributed by atoms with Gasteiger partial charge in [-0.25, -0.2) is 9.59 Å². The van der Waals surface area contributed by atoms with Crippen LogP contribution in [-0.4, -0.2) is 32.9 Å². The molecule has 0 fully saturated rings. The SMILES string of the molecule is CCn1ccc(NC(=O)N[C@H](C(=O)O)C(C)(C)C)n1. The minimum Gasteiger partial charge on any atom is -0.480 e. The molecule has 0 saturated heterocycles. The number of aryl methyl sites for hydroxylation is 1. The van der Waals surface area contributed by atoms with E-state index in [0.717, 1.165) is 0 Å². The van der Waals surface area contributed by atoms with Gasteiger partial charge >= 0.3 is 12.0 Å². The number of nitrogens with zero attached hydrogens (tertiary/aromatic N) is 2. The Hall–Kier alpha value is -2.05. The van der Waals surface area contributed by atoms with Gasteiger partial charge in [0.25, 0.3) is 0 Å². The minimum atomic E-state index is -1.07. The Bertz CT molecular complexity index is 462. The van der Waals surface area contributed by atoms with E-state index in [9.17, 15) is 9.59 Å². The molecule has 0 aliphatic heterocycles. The molecule has 3 N–H and O–H groups in total. The van der Waals surface area contributed by atoms with Gasteiger partial charge in [0.15, 0.2) is 5.82 Å². The van der Waals surface area contributed by atoms with Crippen LogP contribution in [0.1, 0.15) is 27.7 Å². The maximum atomic E-state index is 11.7. The summed E-state index contributed by atoms with van der Waals surface area (Å²) in [4.78, 5) is 22.9. The summed E-state index contributed by atoms with van der Waals surface area (Å²) < 4.78 is 1.66. The molecule has 19 heavy (non-hydrogen) atoms. The molecular weight excluding hydrogens is 248 g/mol. The first-order chi connectivity index (χ1) is 8.74. The van der Waals surface area contributed by atoms with E-state index < -0.39 is 23.5 Å². The van der Waals surface area contributed by atoms with Crippen LogP contribution in [-0.2, 0) is 11.3 Å². The molecule has 0 radical (unpaired) electrons. The maximum absolute atomic E-state index is 11.7. The molecule has 1 aromatic heterocycles. The second kappa shape index (κ2) is 5.73. The Morgan fingerprint density at radius 2 is 2.11 bits per heavy atom. The molecule has 0 unspecified atom stereocenters. The van der Waals surface area contributed by atoms with Crippen molar-refractivity contribution in [1.29, 1.82) is 0 Å². The minimum absolute atomic E-state index is 0.386. The molecule has 0 spiro atoms. The predicted octanol–water partition coefficient (Wildman–Crippen LogP) is 1.52. The van der Waals surface area contributed by atoms with Crippen LogP contribution >= 0.6 is 0 Å². The van der Waals surface area contributed by atoms with Gasteiger partial charge in [-0.15, -0.1) is 0 Å². The molecule has 7 heteroatoms. The summed E-state index contributed by atoms with van der Waals surface area (Å²) in [5, 5.41) is 18.1. The summed E-state index contributed by atoms with van der Waals surface area (Å²) in [6.45, 7) is 7.87. The topological polar surface area (TPSA) is 96.2 Å². The fraction of sp³-hybridized carbons (Fsp3) is 0.583. The number of carboxylic acid groups (broad SMARTS) is 1. The number of carboxylic acids is 1. The van der Waals surface area contributed by atoms with Gasteiger partial charge in [0, 0.05) is 18.8 Å². The average Bonchev–Trinajstić information content (AvgIpc) is 2.71. The van der Waals surface area contributed by atoms with E-state index in [0.29, 0.717) is 12.4 Å². The van der Waals surface area contributed by atoms with Crippen molar-refractivity contribution in [2.24, 2.45) is 5.41 Å². The standard InChI is InChI=1S/C12H20N4O3/c1-5-16-7-6-8(15-16)13-11(19)14-9(10(17)18)12(2,3)4/h6-7,9H,5H2,1-4H3,(H,17,18)(H2,13,14,15,19)/t9-/m1/s1. The molecule has 0 saturated carbocycles. The molecule has 1 aromatic rings. The quantitative estimate of drug-likeness (QED) is 0.771. The van der Waals surface area contributed by atoms with E-state index in [4.69, 9.17) is 5.11 Å². The van der Waals surface area contributed by atoms with Crippen molar-refractivity contribution < 1.29 is 14.7 Å². The van der Waals surface area contributed by atoms with Gasteiger partial charge in [0.05, 0.1) is 0 Å². The highest BCUT2D eigenvalue weighted by Crippen LogP contribution is 2.19. The van der Waals surface area contributed by atoms with Crippen molar-refractivity contribution in [3.8, 4) is 0 Å². The third kappa shape index (κ3) is 4.27. The fourth-order valence-corrected chi connectivity index (χ4v) is 1.54. The normalized spacial score (nSPS) is 12.8. The molecule has 0 aliphatic carbocycles. The van der Waals surface area contributed by atoms with E-state index in [2.05, 4.69) is 15.7 Å². The van der Waals surface area contributed by atoms with Crippen molar-refractivity contribution in [1.82, 2.24) is 15.1 Å². The summed E-state index contributed by atoms with van der Waals surface area (Å²) in [6.07, 6.45) is 1.73. The van der Waals surface area contributed by atoms with E-state index in [1.165, 1.54) is 0 Å². The molecule has 1 rings (SSSR count). The molecule has 2 amide bonds. The number of hydrogen-bond acceptors (Lipinski definition) is 3. The number of urea groups is 1. The first-order valence-corrected chi connectivity index (χ1v) is 6.08. The van der Waals surface area contributed by atoms with Crippen LogP contribution in [0.3, 0.4) is 0 Å². The van der Waals surface area contributed by atoms with Crippen LogP contribution in [0.5, 0.6) is 0 Å². The van der Waals surface area contributed by atoms with Gasteiger partial charge < -0.3 is 10.4 Å². The van der Waals surface area contributed by atoms with E-state index >= 15 is 0 Å². The second-order valence-electron chi connectivity index (χ2n) is 5.29. The van der Waals surface area contributed by atoms with E-state index in [-0.39, 0.29) is 0 Å². The van der Waals surface area contributed by atoms with Crippen molar-refractivity contribution >= 4 is 17.8 Å². The van der Waals surface area contributed by atoms with Gasteiger partial charge in [-0.1, -0.05) is 20.8 Å². The maximum Gasteiger partial charge on any atom is 0.326 e. The molecule has 1 atom stereocenters. The molecule has 1 heterocycles. The second-order valence-corrected chi connectivity index (χ2v) is 5.29. The Balaban J connectivity index is 2.65. The zero-order chi connectivity index (χ0) is 14.6. The van der Waals surface area contributed by atoms with E-state index in [1.54, 1.807) is 37.7 Å². The van der Waals surface area contributed by atoms with Crippen molar-refractivity contribution in [2.45, 2.75) is 40.3 Å². The van der Waals surface area contributed by atoms with Gasteiger partial charge in [-0.3, -0.25) is 10.00 Å². The first kappa shape index (κ1) is 15.0. The number of aromatic nitrogens is 2. The third-order valence-corrected chi connectivity index (χ3v) is 2.59. The number of carbonyl (C=O) groups excluding carboxylic acids is 1. The predicted molar refractivity (Wildman–Crippen MR) is 70.9 cm³/mol. The van der Waals surface area contributed by atoms with E-state index in [1.807, 2.05) is 6.92 Å². The van der Waals surface area contributed by atoms with Crippen molar-refractivity contribution in [3.05, 3.63) is 12.3 Å². The highest BCUT2D eigenvalue weighted by atomic mass is 16.4. The van der Waals surface area contributed by atoms with Gasteiger partial charge in [-0.2, -0.15) is 5.10 Å². The van der Waals surface area contributed by atoms with Crippen LogP contribution in [0.2, 0.25) is 0 Å². The zero-order valence-electron chi connectivity index (χ0n) is 11.6. The molecule has 0 bridgehead atoms. The summed E-state index contributed by atoms with van der Waals surface area (Å²) in [5.74, 6) is -0.681. The summed E-state index contributed by atoms with van der Waals surface area (Å²) in [5.41, 5.74) is -0.577. The number of carbonyl (C=O) groups is 2. The van der Waals surface area contributed by atoms with Gasteiger partial charge in [-0.05, 0) is 12.3 Å². The lowest BCUT2D eigenvalue weighted by Crippen LogP contribution is -2.50. The summed E-state index contributed by atoms with van der Waals surface area (Å²) >= 11 is 0. The molecule has 0 aromatic carbocycles. The highest BCUT2D eigenvalue weighted by molar-refractivity contribution is 5.91. The lowest BCUT2D eigenvalue weighted by Gasteiger charge is -2.27. The Kier molecular flexibility index (Phi) is 4.52. The number of hydrogen-bond donors (Lipinski definition) is 3. The number of anilines is 1. The van der Waals surface area contributed by atoms with Gasteiger partial charge in [0.1, 0.15) is 6.04 Å². The van der Waals surface area contributed by atoms with Crippen LogP contribution < -0.4 is 10.6 Å². The Morgan fingerprint density at radius 3 is 2.53 bits per heavy atom. The first-order valence-electron chi connectivity index (χ1n) is 6.08. The summed E-state index contributed by atoms with van der Waals surface area (Å²) in [7, 11) is 0. The zero-order valence-corrected chi connectivity index (χ0v) is 11.6. The number of rotatable bonds is 4. The number of amides is 2. The van der Waals surface area contributed by atoms with Crippen LogP contribution in [0.4, 0.5) is 10.6 Å².